The summed E-state index contributed by atoms with van der Waals surface area (Å²) in [7, 11) is -4.18. The Morgan fingerprint density at radius 2 is 1.82 bits per heavy atom. The second kappa shape index (κ2) is 9.76. The van der Waals surface area contributed by atoms with E-state index in [2.05, 4.69) is 33.6 Å². The lowest BCUT2D eigenvalue weighted by Gasteiger charge is -2.34. The first-order valence-electron chi connectivity index (χ1n) is 16.1. The monoisotopic (exact) mass is 616 g/mol. The SMILES string of the molecule is CC1(C)C[C@@H]2CCCCc3cccc(n3)S(=O)(=O)NC(=O)c3ccc(-n4ccc(OCCC5C6(CC6)C56CC6)n4)nc3N1C2. The molecule has 8 rings (SSSR count). The summed E-state index contributed by atoms with van der Waals surface area (Å²) in [5, 5.41) is 4.49. The molecule has 1 atom stereocenters. The van der Waals surface area contributed by atoms with Gasteiger partial charge >= 0.3 is 0 Å². The van der Waals surface area contributed by atoms with Crippen molar-refractivity contribution in [2.45, 2.75) is 88.6 Å². The van der Waals surface area contributed by atoms with Gasteiger partial charge in [0.2, 0.25) is 5.88 Å². The van der Waals surface area contributed by atoms with Crippen LogP contribution < -0.4 is 14.4 Å². The van der Waals surface area contributed by atoms with Crippen molar-refractivity contribution in [3.63, 3.8) is 0 Å². The summed E-state index contributed by atoms with van der Waals surface area (Å²) in [5.74, 6) is 2.08. The van der Waals surface area contributed by atoms with Crippen molar-refractivity contribution in [1.82, 2.24) is 24.5 Å². The average Bonchev–Trinajstić information content (AvgIpc) is 3.94. The van der Waals surface area contributed by atoms with Gasteiger partial charge in [0.25, 0.3) is 15.9 Å². The fourth-order valence-corrected chi connectivity index (χ4v) is 9.72. The average molecular weight is 617 g/mol. The minimum absolute atomic E-state index is 0.156. The van der Waals surface area contributed by atoms with Crippen LogP contribution in [0.3, 0.4) is 0 Å². The summed E-state index contributed by atoms with van der Waals surface area (Å²) < 4.78 is 36.5. The van der Waals surface area contributed by atoms with Gasteiger partial charge in [0.05, 0.1) is 12.2 Å². The fraction of sp³-hybridized carbons (Fsp3) is 0.576. The van der Waals surface area contributed by atoms with Crippen molar-refractivity contribution < 1.29 is 17.9 Å². The second-order valence-corrected chi connectivity index (χ2v) is 15.9. The lowest BCUT2D eigenvalue weighted by molar-refractivity contribution is 0.0981. The molecule has 0 aromatic carbocycles. The van der Waals surface area contributed by atoms with E-state index in [1.165, 1.54) is 31.7 Å². The summed E-state index contributed by atoms with van der Waals surface area (Å²) in [6.45, 7) is 5.72. The smallest absolute Gasteiger partial charge is 0.281 e. The van der Waals surface area contributed by atoms with Crippen LogP contribution in [0.25, 0.3) is 5.82 Å². The number of aromatic nitrogens is 4. The number of carbonyl (C=O) groups is 1. The number of carbonyl (C=O) groups excluding carboxylic acids is 1. The summed E-state index contributed by atoms with van der Waals surface area (Å²) in [5.41, 5.74) is 1.98. The van der Waals surface area contributed by atoms with Gasteiger partial charge in [-0.05, 0) is 119 Å². The van der Waals surface area contributed by atoms with E-state index in [-0.39, 0.29) is 16.1 Å². The molecule has 3 aromatic rings. The number of anilines is 1. The first-order chi connectivity index (χ1) is 21.1. The van der Waals surface area contributed by atoms with E-state index in [1.807, 2.05) is 18.3 Å². The third kappa shape index (κ3) is 4.61. The number of amides is 1. The molecule has 5 aliphatic rings. The van der Waals surface area contributed by atoms with Crippen LogP contribution in [0, 0.1) is 22.7 Å². The normalized spacial score (nSPS) is 25.5. The molecule has 3 saturated carbocycles. The first kappa shape index (κ1) is 28.0. The van der Waals surface area contributed by atoms with Crippen LogP contribution in [0.1, 0.15) is 87.7 Å². The molecule has 4 fully saturated rings. The highest BCUT2D eigenvalue weighted by Crippen LogP contribution is 2.93. The molecule has 5 heterocycles. The number of nitrogens with one attached hydrogen (secondary N) is 1. The molecule has 2 aliphatic heterocycles. The van der Waals surface area contributed by atoms with Crippen molar-refractivity contribution in [2.75, 3.05) is 18.1 Å². The Hall–Kier alpha value is -3.47. The molecule has 3 aliphatic carbocycles. The lowest BCUT2D eigenvalue weighted by atomic mass is 9.92. The van der Waals surface area contributed by atoms with Crippen molar-refractivity contribution in [1.29, 1.82) is 0 Å². The first-order valence-corrected chi connectivity index (χ1v) is 17.6. The van der Waals surface area contributed by atoms with Gasteiger partial charge in [-0.3, -0.25) is 4.79 Å². The Labute approximate surface area is 258 Å². The third-order valence-electron chi connectivity index (χ3n) is 11.2. The Bertz CT molecular complexity index is 1720. The molecule has 44 heavy (non-hydrogen) atoms. The number of aryl methyl sites for hydroxylation is 1. The maximum Gasteiger partial charge on any atom is 0.281 e. The predicted octanol–water partition coefficient (Wildman–Crippen LogP) is 5.07. The molecule has 232 valence electrons. The maximum atomic E-state index is 13.6. The summed E-state index contributed by atoms with van der Waals surface area (Å²) >= 11 is 0. The molecule has 1 saturated heterocycles. The Morgan fingerprint density at radius 1 is 1.02 bits per heavy atom. The number of nitrogens with zero attached hydrogens (tertiary/aromatic N) is 5. The molecular weight excluding hydrogens is 576 g/mol. The predicted molar refractivity (Wildman–Crippen MR) is 164 cm³/mol. The lowest BCUT2D eigenvalue weighted by Crippen LogP contribution is -2.41. The molecule has 11 heteroatoms. The minimum atomic E-state index is -4.18. The molecule has 0 radical (unpaired) electrons. The number of ether oxygens (including phenoxy) is 1. The van der Waals surface area contributed by atoms with E-state index in [0.29, 0.717) is 53.0 Å². The van der Waals surface area contributed by atoms with E-state index in [9.17, 15) is 13.2 Å². The Balaban J connectivity index is 1.07. The second-order valence-electron chi connectivity index (χ2n) is 14.3. The fourth-order valence-electron chi connectivity index (χ4n) is 8.77. The van der Waals surface area contributed by atoms with E-state index in [0.717, 1.165) is 44.6 Å². The van der Waals surface area contributed by atoms with Crippen LogP contribution in [0.15, 0.2) is 47.6 Å². The third-order valence-corrected chi connectivity index (χ3v) is 12.4. The van der Waals surface area contributed by atoms with E-state index in [1.54, 1.807) is 22.9 Å². The number of hydrogen-bond donors (Lipinski definition) is 1. The van der Waals surface area contributed by atoms with Crippen molar-refractivity contribution in [3.05, 3.63) is 53.9 Å². The quantitative estimate of drug-likeness (QED) is 0.422. The zero-order chi connectivity index (χ0) is 30.3. The maximum absolute atomic E-state index is 13.6. The van der Waals surface area contributed by atoms with Gasteiger partial charge in [0.15, 0.2) is 10.8 Å². The molecule has 4 bridgehead atoms. The Morgan fingerprint density at radius 3 is 2.59 bits per heavy atom. The molecule has 10 nitrogen and oxygen atoms in total. The van der Waals surface area contributed by atoms with Gasteiger partial charge in [0, 0.05) is 30.0 Å². The number of hydrogen-bond acceptors (Lipinski definition) is 8. The number of pyridine rings is 2. The number of rotatable bonds is 5. The summed E-state index contributed by atoms with van der Waals surface area (Å²) in [6, 6.07) is 10.1. The van der Waals surface area contributed by atoms with Crippen molar-refractivity contribution >= 4 is 21.7 Å². The van der Waals surface area contributed by atoms with Crippen LogP contribution >= 0.6 is 0 Å². The highest BCUT2D eigenvalue weighted by molar-refractivity contribution is 7.90. The standard InChI is InChI=1S/C33H40N6O4S/c1-31(2)20-22-6-3-4-7-23-8-5-9-28(34-23)44(41,42)37-30(40)24-10-11-26(35-29(24)38(31)21-22)39-18-12-27(36-39)43-19-13-25-32(14-15-32)33(25)16-17-33/h5,8-12,18,22,25H,3-4,6-7,13-17,19-21H2,1-2H3,(H,37,40)/t22-/m0/s1. The van der Waals surface area contributed by atoms with Crippen LogP contribution in [-0.4, -0.2) is 52.8 Å². The number of fused-ring (bicyclic) bond motifs is 7. The van der Waals surface area contributed by atoms with Gasteiger partial charge in [-0.25, -0.2) is 19.4 Å². The van der Waals surface area contributed by atoms with Gasteiger partial charge in [-0.1, -0.05) is 12.5 Å². The number of sulfonamides is 1. The van der Waals surface area contributed by atoms with Gasteiger partial charge < -0.3 is 9.64 Å². The molecule has 3 aromatic heterocycles. The van der Waals surface area contributed by atoms with Gasteiger partial charge in [-0.2, -0.15) is 8.42 Å². The molecule has 0 unspecified atom stereocenters. The highest BCUT2D eigenvalue weighted by atomic mass is 32.2. The minimum Gasteiger partial charge on any atom is -0.477 e. The van der Waals surface area contributed by atoms with Crippen LogP contribution in [-0.2, 0) is 16.4 Å². The van der Waals surface area contributed by atoms with Gasteiger partial charge in [0.1, 0.15) is 5.82 Å². The molecule has 1 amide bonds. The van der Waals surface area contributed by atoms with E-state index >= 15 is 0 Å². The van der Waals surface area contributed by atoms with E-state index in [4.69, 9.17) is 9.72 Å². The van der Waals surface area contributed by atoms with Gasteiger partial charge in [-0.15, -0.1) is 5.10 Å². The summed E-state index contributed by atoms with van der Waals surface area (Å²) in [6.07, 6.45) is 13.1. The topological polar surface area (TPSA) is 119 Å². The van der Waals surface area contributed by atoms with Crippen LogP contribution in [0.2, 0.25) is 0 Å². The van der Waals surface area contributed by atoms with E-state index < -0.39 is 15.9 Å². The Kier molecular flexibility index (Phi) is 6.22. The highest BCUT2D eigenvalue weighted by Gasteiger charge is 2.85. The molecular formula is C33H40N6O4S. The molecule has 1 N–H and O–H groups in total. The zero-order valence-electron chi connectivity index (χ0n) is 25.5. The molecule has 2 spiro atoms. The zero-order valence-corrected chi connectivity index (χ0v) is 26.3. The van der Waals surface area contributed by atoms with Crippen LogP contribution in [0.4, 0.5) is 5.82 Å². The van der Waals surface area contributed by atoms with Crippen molar-refractivity contribution in [3.8, 4) is 11.7 Å². The largest absolute Gasteiger partial charge is 0.477 e. The van der Waals surface area contributed by atoms with Crippen molar-refractivity contribution in [2.24, 2.45) is 22.7 Å². The summed E-state index contributed by atoms with van der Waals surface area (Å²) in [4.78, 5) is 25.1. The van der Waals surface area contributed by atoms with Crippen LogP contribution in [0.5, 0.6) is 5.88 Å².